The molecule has 8 aliphatic rings. The molecule has 7 fully saturated rings. The highest BCUT2D eigenvalue weighted by Crippen LogP contribution is 2.75. The highest BCUT2D eigenvalue weighted by molar-refractivity contribution is 5.95. The van der Waals surface area contributed by atoms with E-state index in [0.717, 1.165) is 82.7 Å². The average molecular weight is 784 g/mol. The number of rotatable bonds is 11. The summed E-state index contributed by atoms with van der Waals surface area (Å²) < 4.78 is 6.40. The number of piperidine rings is 1. The summed E-state index contributed by atoms with van der Waals surface area (Å²) in [5, 5.41) is 62.9. The van der Waals surface area contributed by atoms with Gasteiger partial charge >= 0.3 is 0 Å². The standard InChI is InChI=1S/C47H78N2O7/c1-41(28-50,20-15-30-17-22-49-37(48)23-30)45(5,54)40-39(56-40)44(4,53)36-16-21-47(55)34-25-35(52)33-24-32(51)27-46(18-9-10-19-46)43(33,3)38(34)31(26-42(36,47)2)14-13-29-11-7-6-8-12-29/h25,29-33,36-40,49-51,53-55H,6-24,26-28,48H2,1-5H3/p+1/t30?,31-,32+,33+,36-,37?,38+,39+,40-,41-,42+,43-,44+,45-,47+/m0/s1. The molecule has 2 heterocycles. The van der Waals surface area contributed by atoms with Crippen molar-refractivity contribution in [3.8, 4) is 0 Å². The van der Waals surface area contributed by atoms with Gasteiger partial charge in [-0.2, -0.15) is 0 Å². The number of carbonyl (C=O) groups excluding carboxylic acids is 1. The van der Waals surface area contributed by atoms with Crippen LogP contribution in [0.5, 0.6) is 0 Å². The molecule has 0 bridgehead atoms. The third kappa shape index (κ3) is 6.31. The first-order valence-corrected chi connectivity index (χ1v) is 23.3. The van der Waals surface area contributed by atoms with E-state index >= 15 is 0 Å². The fourth-order valence-electron chi connectivity index (χ4n) is 16.0. The Hall–Kier alpha value is -0.910. The second kappa shape index (κ2) is 14.6. The summed E-state index contributed by atoms with van der Waals surface area (Å²) >= 11 is 0. The van der Waals surface area contributed by atoms with E-state index in [2.05, 4.69) is 19.2 Å². The summed E-state index contributed by atoms with van der Waals surface area (Å²) in [7, 11) is 0. The van der Waals surface area contributed by atoms with Crippen LogP contribution in [-0.4, -0.2) is 85.7 Å². The molecule has 6 aliphatic carbocycles. The van der Waals surface area contributed by atoms with Crippen LogP contribution >= 0.6 is 0 Å². The molecule has 56 heavy (non-hydrogen) atoms. The van der Waals surface area contributed by atoms with Gasteiger partial charge in [-0.3, -0.25) is 10.5 Å². The molecule has 2 saturated heterocycles. The summed E-state index contributed by atoms with van der Waals surface area (Å²) in [4.78, 5) is 14.5. The van der Waals surface area contributed by atoms with Gasteiger partial charge < -0.3 is 35.6 Å². The number of epoxide rings is 1. The zero-order chi connectivity index (χ0) is 40.1. The van der Waals surface area contributed by atoms with Gasteiger partial charge in [-0.1, -0.05) is 72.1 Å². The molecule has 8 rings (SSSR count). The zero-order valence-corrected chi connectivity index (χ0v) is 35.6. The number of nitrogens with two attached hydrogens (primary N) is 2. The van der Waals surface area contributed by atoms with Crippen molar-refractivity contribution >= 4 is 5.78 Å². The van der Waals surface area contributed by atoms with Gasteiger partial charge in [0.25, 0.3) is 0 Å². The molecule has 15 atom stereocenters. The molecule has 318 valence electrons. The van der Waals surface area contributed by atoms with Crippen molar-refractivity contribution in [3.63, 3.8) is 0 Å². The Morgan fingerprint density at radius 3 is 2.29 bits per heavy atom. The number of carbonyl (C=O) groups is 1. The molecule has 5 saturated carbocycles. The lowest BCUT2D eigenvalue weighted by Crippen LogP contribution is -2.94. The Balaban J connectivity index is 1.10. The maximum atomic E-state index is 14.5. The lowest BCUT2D eigenvalue weighted by molar-refractivity contribution is -0.699. The predicted molar refractivity (Wildman–Crippen MR) is 216 cm³/mol. The summed E-state index contributed by atoms with van der Waals surface area (Å²) in [6.45, 7) is 11.0. The quantitative estimate of drug-likeness (QED) is 0.139. The van der Waals surface area contributed by atoms with Crippen molar-refractivity contribution in [1.82, 2.24) is 0 Å². The first kappa shape index (κ1) is 41.8. The van der Waals surface area contributed by atoms with Crippen LogP contribution in [0.3, 0.4) is 0 Å². The van der Waals surface area contributed by atoms with Gasteiger partial charge in [-0.25, -0.2) is 0 Å². The van der Waals surface area contributed by atoms with Crippen molar-refractivity contribution in [1.29, 1.82) is 0 Å². The van der Waals surface area contributed by atoms with Crippen molar-refractivity contribution in [2.75, 3.05) is 13.2 Å². The Morgan fingerprint density at radius 2 is 1.61 bits per heavy atom. The number of aliphatic hydroxyl groups is 5. The normalized spacial score (nSPS) is 46.9. The van der Waals surface area contributed by atoms with E-state index in [4.69, 9.17) is 10.5 Å². The fourth-order valence-corrected chi connectivity index (χ4v) is 16.0. The van der Waals surface area contributed by atoms with E-state index in [1.54, 1.807) is 6.92 Å². The van der Waals surface area contributed by atoms with E-state index in [9.17, 15) is 30.3 Å². The van der Waals surface area contributed by atoms with Gasteiger partial charge in [0.15, 0.2) is 5.78 Å². The molecular weight excluding hydrogens is 705 g/mol. The number of hydrogen-bond donors (Lipinski definition) is 7. The Kier molecular flexibility index (Phi) is 10.9. The lowest BCUT2D eigenvalue weighted by Gasteiger charge is -2.67. The molecular formula is C47H79N2O7+. The fraction of sp³-hybridized carbons (Fsp3) is 0.936. The number of fused-ring (bicyclic) bond motifs is 6. The molecule has 1 spiro atoms. The Morgan fingerprint density at radius 1 is 0.893 bits per heavy atom. The number of ether oxygens (including phenoxy) is 1. The smallest absolute Gasteiger partial charge is 0.159 e. The number of ketones is 1. The van der Waals surface area contributed by atoms with Gasteiger partial charge in [-0.05, 0) is 137 Å². The van der Waals surface area contributed by atoms with Crippen LogP contribution in [0.2, 0.25) is 0 Å². The van der Waals surface area contributed by atoms with Crippen LogP contribution in [0.25, 0.3) is 0 Å². The summed E-state index contributed by atoms with van der Waals surface area (Å²) in [6, 6.07) is 0. The zero-order valence-electron chi connectivity index (χ0n) is 35.6. The van der Waals surface area contributed by atoms with E-state index in [-0.39, 0.29) is 53.1 Å². The molecule has 0 amide bonds. The third-order valence-corrected chi connectivity index (χ3v) is 19.7. The average Bonchev–Trinajstić information content (AvgIpc) is 3.78. The third-order valence-electron chi connectivity index (χ3n) is 19.7. The number of hydrogen-bond acceptors (Lipinski definition) is 8. The van der Waals surface area contributed by atoms with Gasteiger partial charge in [0, 0.05) is 23.2 Å². The molecule has 2 aliphatic heterocycles. The first-order chi connectivity index (χ1) is 26.4. The van der Waals surface area contributed by atoms with Gasteiger partial charge in [-0.15, -0.1) is 0 Å². The van der Waals surface area contributed by atoms with Crippen LogP contribution in [0.15, 0.2) is 11.6 Å². The van der Waals surface area contributed by atoms with E-state index in [1.807, 2.05) is 19.9 Å². The summed E-state index contributed by atoms with van der Waals surface area (Å²) in [6.07, 6.45) is 19.9. The highest BCUT2D eigenvalue weighted by atomic mass is 16.6. The van der Waals surface area contributed by atoms with Crippen molar-refractivity contribution in [2.24, 2.45) is 62.9 Å². The minimum atomic E-state index is -1.39. The van der Waals surface area contributed by atoms with Crippen LogP contribution < -0.4 is 11.1 Å². The Labute approximate surface area is 337 Å². The van der Waals surface area contributed by atoms with Crippen molar-refractivity contribution < 1.29 is 40.4 Å². The number of aliphatic hydroxyl groups excluding tert-OH is 2. The molecule has 9 N–H and O–H groups in total. The van der Waals surface area contributed by atoms with E-state index < -0.39 is 45.9 Å². The van der Waals surface area contributed by atoms with Crippen LogP contribution in [0.1, 0.15) is 163 Å². The monoisotopic (exact) mass is 784 g/mol. The van der Waals surface area contributed by atoms with Crippen LogP contribution in [-0.2, 0) is 9.53 Å². The first-order valence-electron chi connectivity index (χ1n) is 23.3. The maximum Gasteiger partial charge on any atom is 0.159 e. The van der Waals surface area contributed by atoms with Crippen molar-refractivity contribution in [2.45, 2.75) is 204 Å². The van der Waals surface area contributed by atoms with E-state index in [1.165, 1.54) is 32.1 Å². The van der Waals surface area contributed by atoms with Crippen molar-refractivity contribution in [3.05, 3.63) is 11.6 Å². The van der Waals surface area contributed by atoms with Gasteiger partial charge in [0.05, 0.1) is 36.1 Å². The molecule has 2 unspecified atom stereocenters. The molecule has 0 aromatic heterocycles. The predicted octanol–water partition coefficient (Wildman–Crippen LogP) is 5.28. The summed E-state index contributed by atoms with van der Waals surface area (Å²) in [5.74, 6) is 1.01. The molecule has 0 aromatic carbocycles. The summed E-state index contributed by atoms with van der Waals surface area (Å²) in [5.41, 5.74) is 1.18. The van der Waals surface area contributed by atoms with Crippen LogP contribution in [0.4, 0.5) is 0 Å². The second-order valence-electron chi connectivity index (χ2n) is 22.5. The minimum absolute atomic E-state index is 0.0636. The SMILES string of the molecule is C[C@](O)([C@@H]1O[C@@H]1[C@](C)(O)[C@](C)(CO)CCC1CC[NH2+]C(N)C1)[C@H]1CC[C@@]2(O)C3=CC(=O)[C@H]4C[C@@H](O)CC5(CCCC5)[C@]4(C)[C@@H]3[C@@H](CCC3CCCCC3)C[C@]12C. The van der Waals surface area contributed by atoms with Crippen LogP contribution in [0, 0.1) is 57.2 Å². The molecule has 0 radical (unpaired) electrons. The van der Waals surface area contributed by atoms with E-state index in [0.29, 0.717) is 37.5 Å². The molecule has 9 nitrogen and oxygen atoms in total. The molecule has 9 heteroatoms. The minimum Gasteiger partial charge on any atom is -0.396 e. The van der Waals surface area contributed by atoms with Gasteiger partial charge in [0.1, 0.15) is 18.4 Å². The highest BCUT2D eigenvalue weighted by Gasteiger charge is 2.76. The topological polar surface area (TPSA) is 173 Å². The van der Waals surface area contributed by atoms with Gasteiger partial charge in [0.2, 0.25) is 0 Å². The largest absolute Gasteiger partial charge is 0.396 e. The second-order valence-corrected chi connectivity index (χ2v) is 22.5. The Bertz CT molecular complexity index is 1500. The maximum absolute atomic E-state index is 14.5. The number of allylic oxidation sites excluding steroid dienone is 1. The number of quaternary nitrogens is 1. The molecule has 0 aromatic rings. The lowest BCUT2D eigenvalue weighted by atomic mass is 9.37.